The maximum atomic E-state index is 14.1. The minimum atomic E-state index is -0.685. The van der Waals surface area contributed by atoms with Gasteiger partial charge in [0.05, 0.1) is 5.75 Å². The summed E-state index contributed by atoms with van der Waals surface area (Å²) in [4.78, 5) is 27.5. The Morgan fingerprint density at radius 2 is 1.81 bits per heavy atom. The van der Waals surface area contributed by atoms with Crippen LogP contribution in [0.4, 0.5) is 4.39 Å². The molecule has 4 nitrogen and oxygen atoms in total. The van der Waals surface area contributed by atoms with Gasteiger partial charge in [-0.1, -0.05) is 35.9 Å². The van der Waals surface area contributed by atoms with Crippen LogP contribution in [0.1, 0.15) is 25.0 Å². The van der Waals surface area contributed by atoms with Crippen molar-refractivity contribution < 1.29 is 14.0 Å². The number of hydrogen-bond acceptors (Lipinski definition) is 3. The molecule has 0 radical (unpaired) electrons. The number of halogens is 1. The largest absolute Gasteiger partial charge is 0.355 e. The van der Waals surface area contributed by atoms with Crippen molar-refractivity contribution in [1.82, 2.24) is 10.2 Å². The first-order valence-electron chi connectivity index (χ1n) is 8.92. The number of aryl methyl sites for hydroxylation is 1. The van der Waals surface area contributed by atoms with E-state index in [1.807, 2.05) is 38.1 Å². The molecule has 6 heteroatoms. The molecule has 1 atom stereocenters. The average Bonchev–Trinajstić information content (AvgIpc) is 2.66. The van der Waals surface area contributed by atoms with Crippen LogP contribution in [-0.2, 0) is 16.1 Å². The fraction of sp³-hybridized carbons (Fsp3) is 0.333. The van der Waals surface area contributed by atoms with Crippen molar-refractivity contribution in [2.75, 3.05) is 12.3 Å². The first kappa shape index (κ1) is 21.0. The van der Waals surface area contributed by atoms with Gasteiger partial charge >= 0.3 is 0 Å². The SMILES string of the molecule is CCNC(=O)[C@H](C)N(Cc1ccccc1F)C(=O)CSc1ccc(C)cc1. The quantitative estimate of drug-likeness (QED) is 0.700. The molecular formula is C21H25FN2O2S. The third-order valence-electron chi connectivity index (χ3n) is 4.20. The average molecular weight is 389 g/mol. The third-order valence-corrected chi connectivity index (χ3v) is 5.20. The second kappa shape index (κ2) is 10.1. The predicted molar refractivity (Wildman–Crippen MR) is 107 cm³/mol. The number of thioether (sulfide) groups is 1. The number of rotatable bonds is 8. The van der Waals surface area contributed by atoms with Gasteiger partial charge in [0.1, 0.15) is 11.9 Å². The minimum absolute atomic E-state index is 0.0538. The lowest BCUT2D eigenvalue weighted by atomic mass is 10.1. The van der Waals surface area contributed by atoms with Crippen molar-refractivity contribution in [2.45, 2.75) is 38.3 Å². The summed E-state index contributed by atoms with van der Waals surface area (Å²) in [5.74, 6) is -0.656. The van der Waals surface area contributed by atoms with Gasteiger partial charge in [-0.15, -0.1) is 11.8 Å². The molecule has 1 N–H and O–H groups in total. The van der Waals surface area contributed by atoms with Crippen LogP contribution in [0.25, 0.3) is 0 Å². The Labute approximate surface area is 164 Å². The van der Waals surface area contributed by atoms with Crippen molar-refractivity contribution >= 4 is 23.6 Å². The van der Waals surface area contributed by atoms with E-state index in [1.54, 1.807) is 25.1 Å². The van der Waals surface area contributed by atoms with Crippen molar-refractivity contribution in [3.8, 4) is 0 Å². The maximum absolute atomic E-state index is 14.1. The summed E-state index contributed by atoms with van der Waals surface area (Å²) < 4.78 is 14.1. The zero-order valence-electron chi connectivity index (χ0n) is 15.9. The van der Waals surface area contributed by atoms with Crippen LogP contribution in [0.3, 0.4) is 0 Å². The van der Waals surface area contributed by atoms with Crippen LogP contribution in [0, 0.1) is 12.7 Å². The van der Waals surface area contributed by atoms with Crippen LogP contribution in [-0.4, -0.2) is 35.1 Å². The van der Waals surface area contributed by atoms with Crippen molar-refractivity contribution in [2.24, 2.45) is 0 Å². The summed E-state index contributed by atoms with van der Waals surface area (Å²) in [5.41, 5.74) is 1.54. The number of carbonyl (C=O) groups is 2. The molecule has 0 aliphatic rings. The highest BCUT2D eigenvalue weighted by Crippen LogP contribution is 2.20. The number of nitrogens with zero attached hydrogens (tertiary/aromatic N) is 1. The smallest absolute Gasteiger partial charge is 0.242 e. The Balaban J connectivity index is 2.14. The molecular weight excluding hydrogens is 363 g/mol. The molecule has 0 saturated carbocycles. The zero-order chi connectivity index (χ0) is 19.8. The lowest BCUT2D eigenvalue weighted by molar-refractivity contribution is -0.138. The van der Waals surface area contributed by atoms with E-state index in [2.05, 4.69) is 5.32 Å². The molecule has 0 heterocycles. The Morgan fingerprint density at radius 3 is 2.44 bits per heavy atom. The molecule has 0 saturated heterocycles. The molecule has 2 rings (SSSR count). The molecule has 0 aromatic heterocycles. The van der Waals surface area contributed by atoms with Crippen LogP contribution < -0.4 is 5.32 Å². The fourth-order valence-corrected chi connectivity index (χ4v) is 3.36. The summed E-state index contributed by atoms with van der Waals surface area (Å²) in [6, 6.07) is 13.5. The van der Waals surface area contributed by atoms with Gasteiger partial charge in [-0.3, -0.25) is 9.59 Å². The Hall–Kier alpha value is -2.34. The zero-order valence-corrected chi connectivity index (χ0v) is 16.7. The third kappa shape index (κ3) is 6.10. The van der Waals surface area contributed by atoms with E-state index >= 15 is 0 Å². The normalized spacial score (nSPS) is 11.7. The number of likely N-dealkylation sites (N-methyl/N-ethyl adjacent to an activating group) is 1. The van der Waals surface area contributed by atoms with E-state index in [1.165, 1.54) is 22.7 Å². The molecule has 0 aliphatic heterocycles. The Kier molecular flexibility index (Phi) is 7.85. The monoisotopic (exact) mass is 388 g/mol. The highest BCUT2D eigenvalue weighted by molar-refractivity contribution is 8.00. The predicted octanol–water partition coefficient (Wildman–Crippen LogP) is 3.78. The van der Waals surface area contributed by atoms with Gasteiger partial charge in [0.25, 0.3) is 0 Å². The van der Waals surface area contributed by atoms with Crippen LogP contribution >= 0.6 is 11.8 Å². The first-order valence-corrected chi connectivity index (χ1v) is 9.91. The Morgan fingerprint density at radius 1 is 1.15 bits per heavy atom. The number of amides is 2. The number of hydrogen-bond donors (Lipinski definition) is 1. The van der Waals surface area contributed by atoms with Crippen LogP contribution in [0.5, 0.6) is 0 Å². The molecule has 0 aliphatic carbocycles. The molecule has 144 valence electrons. The van der Waals surface area contributed by atoms with Gasteiger partial charge in [-0.25, -0.2) is 4.39 Å². The number of carbonyl (C=O) groups excluding carboxylic acids is 2. The lowest BCUT2D eigenvalue weighted by Gasteiger charge is -2.28. The van der Waals surface area contributed by atoms with E-state index in [0.29, 0.717) is 12.1 Å². The van der Waals surface area contributed by atoms with Gasteiger partial charge < -0.3 is 10.2 Å². The summed E-state index contributed by atoms with van der Waals surface area (Å²) in [7, 11) is 0. The van der Waals surface area contributed by atoms with E-state index in [-0.39, 0.29) is 29.9 Å². The van der Waals surface area contributed by atoms with Gasteiger partial charge in [-0.05, 0) is 39.0 Å². The number of nitrogens with one attached hydrogen (secondary N) is 1. The second-order valence-electron chi connectivity index (χ2n) is 6.29. The minimum Gasteiger partial charge on any atom is -0.355 e. The Bertz CT molecular complexity index is 780. The van der Waals surface area contributed by atoms with E-state index < -0.39 is 6.04 Å². The highest BCUT2D eigenvalue weighted by Gasteiger charge is 2.26. The summed E-state index contributed by atoms with van der Waals surface area (Å²) in [5, 5.41) is 2.73. The molecule has 0 fully saturated rings. The van der Waals surface area contributed by atoms with Crippen LogP contribution in [0.15, 0.2) is 53.4 Å². The first-order chi connectivity index (χ1) is 12.9. The molecule has 0 bridgehead atoms. The molecule has 0 spiro atoms. The van der Waals surface area contributed by atoms with E-state index in [4.69, 9.17) is 0 Å². The molecule has 2 aromatic carbocycles. The van der Waals surface area contributed by atoms with Gasteiger partial charge in [-0.2, -0.15) is 0 Å². The fourth-order valence-electron chi connectivity index (χ4n) is 2.58. The second-order valence-corrected chi connectivity index (χ2v) is 7.33. The molecule has 2 aromatic rings. The molecule has 27 heavy (non-hydrogen) atoms. The highest BCUT2D eigenvalue weighted by atomic mass is 32.2. The van der Waals surface area contributed by atoms with Crippen molar-refractivity contribution in [1.29, 1.82) is 0 Å². The van der Waals surface area contributed by atoms with E-state index in [0.717, 1.165) is 10.5 Å². The standard InChI is InChI=1S/C21H25FN2O2S/c1-4-23-21(26)16(3)24(13-17-7-5-6-8-19(17)22)20(25)14-27-18-11-9-15(2)10-12-18/h5-12,16H,4,13-14H2,1-3H3,(H,23,26)/t16-/m0/s1. The molecule has 2 amide bonds. The summed E-state index contributed by atoms with van der Waals surface area (Å²) >= 11 is 1.41. The van der Waals surface area contributed by atoms with Gasteiger partial charge in [0.2, 0.25) is 11.8 Å². The van der Waals surface area contributed by atoms with Crippen molar-refractivity contribution in [3.05, 3.63) is 65.5 Å². The summed E-state index contributed by atoms with van der Waals surface area (Å²) in [6.07, 6.45) is 0. The van der Waals surface area contributed by atoms with Gasteiger partial charge in [0.15, 0.2) is 0 Å². The van der Waals surface area contributed by atoms with Gasteiger partial charge in [0, 0.05) is 23.5 Å². The maximum Gasteiger partial charge on any atom is 0.242 e. The topological polar surface area (TPSA) is 49.4 Å². The van der Waals surface area contributed by atoms with Crippen LogP contribution in [0.2, 0.25) is 0 Å². The van der Waals surface area contributed by atoms with E-state index in [9.17, 15) is 14.0 Å². The van der Waals surface area contributed by atoms with Crippen molar-refractivity contribution in [3.63, 3.8) is 0 Å². The molecule has 0 unspecified atom stereocenters. The summed E-state index contributed by atoms with van der Waals surface area (Å²) in [6.45, 7) is 6.02. The lowest BCUT2D eigenvalue weighted by Crippen LogP contribution is -2.48. The number of benzene rings is 2.